The van der Waals surface area contributed by atoms with Crippen molar-refractivity contribution in [2.24, 2.45) is 0 Å². The summed E-state index contributed by atoms with van der Waals surface area (Å²) in [7, 11) is 0. The number of nitrogens with one attached hydrogen (secondary N) is 1. The molecule has 3 rings (SSSR count). The average Bonchev–Trinajstić information content (AvgIpc) is 2.82. The van der Waals surface area contributed by atoms with Crippen LogP contribution in [0.5, 0.6) is 5.75 Å². The number of para-hydroxylation sites is 1. The number of carboxylic acid groups (broad SMARTS) is 1. The minimum atomic E-state index is -0.946. The summed E-state index contributed by atoms with van der Waals surface area (Å²) in [5.41, 5.74) is 2.22. The number of hydrogen-bond donors (Lipinski definition) is 2. The summed E-state index contributed by atoms with van der Waals surface area (Å²) >= 11 is 3.28. The first-order chi connectivity index (χ1) is 9.65. The highest BCUT2D eigenvalue weighted by Crippen LogP contribution is 2.34. The van der Waals surface area contributed by atoms with Gasteiger partial charge in [0.1, 0.15) is 12.4 Å². The Bertz CT molecular complexity index is 672. The number of hydrogen-bond acceptors (Lipinski definition) is 3. The molecule has 0 saturated carbocycles. The molecular weight excluding hydrogens is 322 g/mol. The number of fused-ring (bicyclic) bond motifs is 1. The molecule has 0 aliphatic carbocycles. The molecule has 4 nitrogen and oxygen atoms in total. The normalized spacial score (nSPS) is 16.4. The molecule has 2 aromatic rings. The van der Waals surface area contributed by atoms with Crippen molar-refractivity contribution in [3.05, 3.63) is 58.1 Å². The fraction of sp³-hybridized carbons (Fsp3) is 0.133. The van der Waals surface area contributed by atoms with Crippen molar-refractivity contribution in [1.82, 2.24) is 0 Å². The smallest absolute Gasteiger partial charge is 0.336 e. The minimum absolute atomic E-state index is 0.0776. The van der Waals surface area contributed by atoms with Crippen LogP contribution in [0.3, 0.4) is 0 Å². The SMILES string of the molecule is O=C(O)c1ccc(NC2COc3ccccc32)cc1Br. The van der Waals surface area contributed by atoms with Gasteiger partial charge in [-0.25, -0.2) is 4.79 Å². The van der Waals surface area contributed by atoms with E-state index in [-0.39, 0.29) is 11.6 Å². The summed E-state index contributed by atoms with van der Waals surface area (Å²) in [6.45, 7) is 0.567. The molecule has 5 heteroatoms. The largest absolute Gasteiger partial charge is 0.491 e. The van der Waals surface area contributed by atoms with E-state index in [0.717, 1.165) is 17.0 Å². The standard InChI is InChI=1S/C15H12BrNO3/c16-12-7-9(5-6-10(12)15(18)19)17-13-8-20-14-4-2-1-3-11(13)14/h1-7,13,17H,8H2,(H,18,19). The monoisotopic (exact) mass is 333 g/mol. The summed E-state index contributed by atoms with van der Waals surface area (Å²) in [5, 5.41) is 12.4. The van der Waals surface area contributed by atoms with E-state index in [1.165, 1.54) is 0 Å². The Balaban J connectivity index is 1.83. The molecule has 0 fully saturated rings. The Morgan fingerprint density at radius 2 is 2.10 bits per heavy atom. The van der Waals surface area contributed by atoms with Gasteiger partial charge in [0.15, 0.2) is 0 Å². The Kier molecular flexibility index (Phi) is 3.36. The van der Waals surface area contributed by atoms with E-state index >= 15 is 0 Å². The molecular formula is C15H12BrNO3. The zero-order chi connectivity index (χ0) is 14.1. The van der Waals surface area contributed by atoms with Gasteiger partial charge in [0.05, 0.1) is 11.6 Å². The molecule has 102 valence electrons. The van der Waals surface area contributed by atoms with Crippen molar-refractivity contribution >= 4 is 27.6 Å². The van der Waals surface area contributed by atoms with Gasteiger partial charge >= 0.3 is 5.97 Å². The molecule has 1 aliphatic rings. The lowest BCUT2D eigenvalue weighted by Crippen LogP contribution is -2.12. The number of carbonyl (C=O) groups is 1. The average molecular weight is 334 g/mol. The summed E-state index contributed by atoms with van der Waals surface area (Å²) in [4.78, 5) is 11.0. The Hall–Kier alpha value is -2.01. The van der Waals surface area contributed by atoms with E-state index in [4.69, 9.17) is 9.84 Å². The van der Waals surface area contributed by atoms with Crippen molar-refractivity contribution < 1.29 is 14.6 Å². The summed E-state index contributed by atoms with van der Waals surface area (Å²) in [6.07, 6.45) is 0. The second kappa shape index (κ2) is 5.17. The number of rotatable bonds is 3. The molecule has 0 saturated heterocycles. The number of benzene rings is 2. The third-order valence-corrected chi connectivity index (χ3v) is 3.90. The van der Waals surface area contributed by atoms with Crippen molar-refractivity contribution in [2.75, 3.05) is 11.9 Å². The van der Waals surface area contributed by atoms with Crippen LogP contribution in [-0.2, 0) is 0 Å². The van der Waals surface area contributed by atoms with Gasteiger partial charge in [-0.15, -0.1) is 0 Å². The van der Waals surface area contributed by atoms with E-state index in [2.05, 4.69) is 21.2 Å². The molecule has 1 unspecified atom stereocenters. The maximum atomic E-state index is 11.0. The first-order valence-corrected chi connectivity index (χ1v) is 6.95. The quantitative estimate of drug-likeness (QED) is 0.899. The molecule has 1 atom stereocenters. The lowest BCUT2D eigenvalue weighted by Gasteiger charge is -2.14. The second-order valence-electron chi connectivity index (χ2n) is 4.55. The van der Waals surface area contributed by atoms with Crippen LogP contribution in [0.1, 0.15) is 22.0 Å². The van der Waals surface area contributed by atoms with Crippen LogP contribution < -0.4 is 10.1 Å². The number of ether oxygens (including phenoxy) is 1. The van der Waals surface area contributed by atoms with Crippen LogP contribution in [0.2, 0.25) is 0 Å². The van der Waals surface area contributed by atoms with Gasteiger partial charge in [0.25, 0.3) is 0 Å². The number of aromatic carboxylic acids is 1. The number of carboxylic acids is 1. The van der Waals surface area contributed by atoms with Crippen molar-refractivity contribution in [3.8, 4) is 5.75 Å². The highest BCUT2D eigenvalue weighted by molar-refractivity contribution is 9.10. The summed E-state index contributed by atoms with van der Waals surface area (Å²) < 4.78 is 6.16. The van der Waals surface area contributed by atoms with Gasteiger partial charge < -0.3 is 15.2 Å². The number of halogens is 1. The van der Waals surface area contributed by atoms with E-state index in [1.54, 1.807) is 18.2 Å². The first-order valence-electron chi connectivity index (χ1n) is 6.16. The fourth-order valence-electron chi connectivity index (χ4n) is 2.26. The molecule has 2 N–H and O–H groups in total. The van der Waals surface area contributed by atoms with E-state index in [1.807, 2.05) is 24.3 Å². The highest BCUT2D eigenvalue weighted by atomic mass is 79.9. The van der Waals surface area contributed by atoms with Gasteiger partial charge in [0.2, 0.25) is 0 Å². The van der Waals surface area contributed by atoms with Gasteiger partial charge in [-0.1, -0.05) is 18.2 Å². The lowest BCUT2D eigenvalue weighted by molar-refractivity contribution is 0.0696. The van der Waals surface area contributed by atoms with Gasteiger partial charge in [-0.2, -0.15) is 0 Å². The van der Waals surface area contributed by atoms with Crippen molar-refractivity contribution in [2.45, 2.75) is 6.04 Å². The molecule has 2 aromatic carbocycles. The molecule has 20 heavy (non-hydrogen) atoms. The lowest BCUT2D eigenvalue weighted by atomic mass is 10.1. The van der Waals surface area contributed by atoms with Crippen molar-refractivity contribution in [1.29, 1.82) is 0 Å². The highest BCUT2D eigenvalue weighted by Gasteiger charge is 2.23. The van der Waals surface area contributed by atoms with Gasteiger partial charge in [-0.3, -0.25) is 0 Å². The summed E-state index contributed by atoms with van der Waals surface area (Å²) in [6, 6.07) is 13.1. The zero-order valence-electron chi connectivity index (χ0n) is 10.5. The molecule has 0 radical (unpaired) electrons. The molecule has 0 spiro atoms. The van der Waals surface area contributed by atoms with Crippen LogP contribution in [-0.4, -0.2) is 17.7 Å². The van der Waals surface area contributed by atoms with E-state index < -0.39 is 5.97 Å². The van der Waals surface area contributed by atoms with E-state index in [0.29, 0.717) is 11.1 Å². The molecule has 1 heterocycles. The third kappa shape index (κ3) is 2.36. The first kappa shape index (κ1) is 13.0. The molecule has 0 bridgehead atoms. The molecule has 0 amide bonds. The van der Waals surface area contributed by atoms with Crippen LogP contribution in [0.25, 0.3) is 0 Å². The zero-order valence-corrected chi connectivity index (χ0v) is 12.1. The Labute approximate surface area is 124 Å². The molecule has 0 aromatic heterocycles. The topological polar surface area (TPSA) is 58.6 Å². The van der Waals surface area contributed by atoms with Gasteiger partial charge in [-0.05, 0) is 40.2 Å². The maximum Gasteiger partial charge on any atom is 0.336 e. The Morgan fingerprint density at radius 1 is 1.30 bits per heavy atom. The van der Waals surface area contributed by atoms with Crippen LogP contribution in [0.15, 0.2) is 46.9 Å². The van der Waals surface area contributed by atoms with Crippen LogP contribution in [0.4, 0.5) is 5.69 Å². The maximum absolute atomic E-state index is 11.0. The van der Waals surface area contributed by atoms with Gasteiger partial charge in [0, 0.05) is 15.7 Å². The fourth-order valence-corrected chi connectivity index (χ4v) is 2.81. The Morgan fingerprint density at radius 3 is 2.85 bits per heavy atom. The second-order valence-corrected chi connectivity index (χ2v) is 5.40. The third-order valence-electron chi connectivity index (χ3n) is 3.24. The molecule has 1 aliphatic heterocycles. The predicted octanol–water partition coefficient (Wildman–Crippen LogP) is 3.69. The number of anilines is 1. The van der Waals surface area contributed by atoms with Crippen molar-refractivity contribution in [3.63, 3.8) is 0 Å². The van der Waals surface area contributed by atoms with Crippen LogP contribution in [0, 0.1) is 0 Å². The summed E-state index contributed by atoms with van der Waals surface area (Å²) in [5.74, 6) is -0.0517. The van der Waals surface area contributed by atoms with Crippen LogP contribution >= 0.6 is 15.9 Å². The van der Waals surface area contributed by atoms with E-state index in [9.17, 15) is 4.79 Å². The minimum Gasteiger partial charge on any atom is -0.491 e. The predicted molar refractivity (Wildman–Crippen MR) is 79.4 cm³/mol.